The number of nitrogens with zero attached hydrogens (tertiary/aromatic N) is 6. The summed E-state index contributed by atoms with van der Waals surface area (Å²) < 4.78 is 67.0. The third kappa shape index (κ3) is 6.32. The van der Waals surface area contributed by atoms with Gasteiger partial charge in [-0.25, -0.2) is 23.4 Å². The number of hydrogen-bond acceptors (Lipinski definition) is 9. The molecule has 0 spiro atoms. The molecule has 0 aliphatic carbocycles. The number of aromatic nitrogens is 5. The van der Waals surface area contributed by atoms with Gasteiger partial charge < -0.3 is 15.0 Å². The number of amides is 2. The highest BCUT2D eigenvalue weighted by atomic mass is 32.2. The third-order valence-electron chi connectivity index (χ3n) is 4.61. The molecule has 0 saturated carbocycles. The average Bonchev–Trinajstić information content (AvgIpc) is 3.26. The molecule has 0 aliphatic heterocycles. The molecule has 3 rings (SSSR count). The van der Waals surface area contributed by atoms with Crippen LogP contribution in [0.5, 0.6) is 5.75 Å². The van der Waals surface area contributed by atoms with Crippen molar-refractivity contribution in [3.63, 3.8) is 0 Å². The largest absolute Gasteiger partial charge is 0.573 e. The molecule has 2 heterocycles. The van der Waals surface area contributed by atoms with E-state index in [0.29, 0.717) is 6.07 Å². The summed E-state index contributed by atoms with van der Waals surface area (Å²) in [6.45, 7) is 1.51. The lowest BCUT2D eigenvalue weighted by Crippen LogP contribution is -2.29. The fraction of sp³-hybridized carbons (Fsp3) is 0.300. The van der Waals surface area contributed by atoms with Gasteiger partial charge in [-0.05, 0) is 25.1 Å². The van der Waals surface area contributed by atoms with E-state index in [1.165, 1.54) is 28.9 Å². The highest BCUT2D eigenvalue weighted by molar-refractivity contribution is 7.90. The second-order valence-electron chi connectivity index (χ2n) is 7.70. The van der Waals surface area contributed by atoms with E-state index < -0.39 is 44.4 Å². The molecular formula is C20H20F3N7O5S. The fourth-order valence-corrected chi connectivity index (χ4v) is 3.66. The van der Waals surface area contributed by atoms with Gasteiger partial charge in [0.1, 0.15) is 24.1 Å². The highest BCUT2D eigenvalue weighted by Crippen LogP contribution is 2.27. The minimum atomic E-state index is -5.10. The molecule has 1 N–H and O–H groups in total. The first kappa shape index (κ1) is 26.5. The van der Waals surface area contributed by atoms with Crippen LogP contribution in [0.25, 0.3) is 5.82 Å². The number of rotatable bonds is 7. The molecule has 192 valence electrons. The van der Waals surface area contributed by atoms with Crippen molar-refractivity contribution in [3.05, 3.63) is 54.0 Å². The maximum absolute atomic E-state index is 12.8. The van der Waals surface area contributed by atoms with E-state index in [2.05, 4.69) is 30.1 Å². The number of hydrogen-bond donors (Lipinski definition) is 1. The number of halogens is 3. The Kier molecular flexibility index (Phi) is 7.28. The molecule has 0 unspecified atom stereocenters. The first-order valence-electron chi connectivity index (χ1n) is 10.0. The smallest absolute Gasteiger partial charge is 0.406 e. The lowest BCUT2D eigenvalue weighted by molar-refractivity contribution is -0.274. The van der Waals surface area contributed by atoms with Crippen LogP contribution in [0.15, 0.2) is 41.8 Å². The van der Waals surface area contributed by atoms with E-state index in [1.807, 2.05) is 0 Å². The summed E-state index contributed by atoms with van der Waals surface area (Å²) in [5, 5.41) is 6.57. The van der Waals surface area contributed by atoms with Gasteiger partial charge in [-0.3, -0.25) is 9.59 Å². The Morgan fingerprint density at radius 3 is 2.39 bits per heavy atom. The van der Waals surface area contributed by atoms with E-state index in [-0.39, 0.29) is 23.2 Å². The van der Waals surface area contributed by atoms with Crippen molar-refractivity contribution < 1.29 is 35.9 Å². The SMILES string of the molecule is C[C@H](NC(=O)c1cc(OC(F)(F)F)cc(S(C)(=O)=O)c1)c1ncnn1-c1cc(C(=O)N(C)C)ncn1. The van der Waals surface area contributed by atoms with Crippen molar-refractivity contribution in [1.82, 2.24) is 34.9 Å². The van der Waals surface area contributed by atoms with E-state index in [0.717, 1.165) is 24.7 Å². The fourth-order valence-electron chi connectivity index (χ4n) is 2.99. The number of benzene rings is 1. The molecule has 16 heteroatoms. The van der Waals surface area contributed by atoms with Crippen molar-refractivity contribution in [2.45, 2.75) is 24.2 Å². The maximum Gasteiger partial charge on any atom is 0.573 e. The quantitative estimate of drug-likeness (QED) is 0.483. The Hall–Kier alpha value is -4.08. The summed E-state index contributed by atoms with van der Waals surface area (Å²) in [5.74, 6) is -1.82. The van der Waals surface area contributed by atoms with Crippen LogP contribution in [0.3, 0.4) is 0 Å². The number of carbonyl (C=O) groups is 2. The van der Waals surface area contributed by atoms with Gasteiger partial charge in [0.2, 0.25) is 0 Å². The number of ether oxygens (including phenoxy) is 1. The van der Waals surface area contributed by atoms with Crippen LogP contribution in [-0.2, 0) is 9.84 Å². The van der Waals surface area contributed by atoms with Crippen LogP contribution in [0.2, 0.25) is 0 Å². The lowest BCUT2D eigenvalue weighted by atomic mass is 10.2. The van der Waals surface area contributed by atoms with Crippen LogP contribution in [0.4, 0.5) is 13.2 Å². The second-order valence-corrected chi connectivity index (χ2v) is 9.72. The Morgan fingerprint density at radius 1 is 1.08 bits per heavy atom. The topological polar surface area (TPSA) is 149 Å². The molecule has 0 radical (unpaired) electrons. The molecule has 36 heavy (non-hydrogen) atoms. The van der Waals surface area contributed by atoms with Crippen LogP contribution < -0.4 is 10.1 Å². The third-order valence-corrected chi connectivity index (χ3v) is 5.70. The molecule has 0 bridgehead atoms. The zero-order chi connectivity index (χ0) is 26.8. The highest BCUT2D eigenvalue weighted by Gasteiger charge is 2.32. The van der Waals surface area contributed by atoms with Gasteiger partial charge in [0, 0.05) is 32.0 Å². The van der Waals surface area contributed by atoms with Crippen molar-refractivity contribution in [2.24, 2.45) is 0 Å². The number of alkyl halides is 3. The Bertz CT molecular complexity index is 1410. The Balaban J connectivity index is 1.91. The van der Waals surface area contributed by atoms with Crippen LogP contribution >= 0.6 is 0 Å². The molecule has 0 aliphatic rings. The summed E-state index contributed by atoms with van der Waals surface area (Å²) in [6.07, 6.45) is -1.99. The molecule has 12 nitrogen and oxygen atoms in total. The molecule has 2 amide bonds. The molecule has 0 fully saturated rings. The standard InChI is InChI=1S/C20H20F3N7O5S/c1-11(17-26-10-27-30(17)16-8-15(24-9-25-16)19(32)29(2)3)28-18(31)12-5-13(35-20(21,22)23)7-14(6-12)36(4,33)34/h5-11H,1-4H3,(H,28,31)/t11-/m0/s1. The van der Waals surface area contributed by atoms with Crippen molar-refractivity contribution in [2.75, 3.05) is 20.4 Å². The van der Waals surface area contributed by atoms with Crippen LogP contribution in [0, 0.1) is 0 Å². The van der Waals surface area contributed by atoms with E-state index in [4.69, 9.17) is 0 Å². The Labute approximate surface area is 203 Å². The van der Waals surface area contributed by atoms with Crippen LogP contribution in [-0.4, -0.2) is 76.6 Å². The summed E-state index contributed by atoms with van der Waals surface area (Å²) in [5.41, 5.74) is -0.311. The first-order valence-corrected chi connectivity index (χ1v) is 11.9. The zero-order valence-electron chi connectivity index (χ0n) is 19.3. The predicted octanol–water partition coefficient (Wildman–Crippen LogP) is 1.55. The molecule has 3 aromatic rings. The molecule has 1 atom stereocenters. The maximum atomic E-state index is 12.8. The molecule has 1 aromatic carbocycles. The first-order chi connectivity index (χ1) is 16.7. The predicted molar refractivity (Wildman–Crippen MR) is 117 cm³/mol. The van der Waals surface area contributed by atoms with Gasteiger partial charge >= 0.3 is 6.36 Å². The van der Waals surface area contributed by atoms with Gasteiger partial charge in [-0.15, -0.1) is 13.2 Å². The summed E-state index contributed by atoms with van der Waals surface area (Å²) in [6, 6.07) is 2.84. The van der Waals surface area contributed by atoms with E-state index in [1.54, 1.807) is 14.1 Å². The number of sulfone groups is 1. The molecular weight excluding hydrogens is 507 g/mol. The molecule has 0 saturated heterocycles. The minimum absolute atomic E-state index is 0.0814. The van der Waals surface area contributed by atoms with Crippen LogP contribution in [0.1, 0.15) is 39.6 Å². The van der Waals surface area contributed by atoms with Gasteiger partial charge in [0.15, 0.2) is 21.5 Å². The van der Waals surface area contributed by atoms with Gasteiger partial charge in [-0.2, -0.15) is 9.78 Å². The lowest BCUT2D eigenvalue weighted by Gasteiger charge is -2.16. The zero-order valence-corrected chi connectivity index (χ0v) is 20.1. The molecule has 2 aromatic heterocycles. The Morgan fingerprint density at radius 2 is 1.78 bits per heavy atom. The van der Waals surface area contributed by atoms with E-state index >= 15 is 0 Å². The van der Waals surface area contributed by atoms with Gasteiger partial charge in [-0.1, -0.05) is 0 Å². The van der Waals surface area contributed by atoms with Crippen molar-refractivity contribution in [3.8, 4) is 11.6 Å². The monoisotopic (exact) mass is 527 g/mol. The van der Waals surface area contributed by atoms with E-state index in [9.17, 15) is 31.2 Å². The summed E-state index contributed by atoms with van der Waals surface area (Å²) in [4.78, 5) is 37.9. The van der Waals surface area contributed by atoms with Crippen molar-refractivity contribution in [1.29, 1.82) is 0 Å². The average molecular weight is 527 g/mol. The summed E-state index contributed by atoms with van der Waals surface area (Å²) >= 11 is 0. The second kappa shape index (κ2) is 9.88. The van der Waals surface area contributed by atoms with Gasteiger partial charge in [0.25, 0.3) is 11.8 Å². The summed E-state index contributed by atoms with van der Waals surface area (Å²) in [7, 11) is -0.871. The van der Waals surface area contributed by atoms with Crippen molar-refractivity contribution >= 4 is 21.7 Å². The number of nitrogens with one attached hydrogen (secondary N) is 1. The van der Waals surface area contributed by atoms with Gasteiger partial charge in [0.05, 0.1) is 10.9 Å². The minimum Gasteiger partial charge on any atom is -0.406 e. The normalized spacial score (nSPS) is 12.6. The number of carbonyl (C=O) groups excluding carboxylic acids is 2.